The van der Waals surface area contributed by atoms with Crippen LogP contribution in [0, 0.1) is 5.82 Å². The lowest BCUT2D eigenvalue weighted by atomic mass is 10.2. The molecule has 1 aliphatic heterocycles. The highest BCUT2D eigenvalue weighted by molar-refractivity contribution is 7.99. The van der Waals surface area contributed by atoms with Gasteiger partial charge in [0.05, 0.1) is 5.75 Å². The van der Waals surface area contributed by atoms with Crippen LogP contribution in [0.1, 0.15) is 0 Å². The summed E-state index contributed by atoms with van der Waals surface area (Å²) in [5.74, 6) is 0.717. The highest BCUT2D eigenvalue weighted by atomic mass is 35.5. The lowest BCUT2D eigenvalue weighted by Crippen LogP contribution is -2.46. The van der Waals surface area contributed by atoms with Crippen molar-refractivity contribution in [3.63, 3.8) is 0 Å². The van der Waals surface area contributed by atoms with Gasteiger partial charge in [0.25, 0.3) is 0 Å². The number of aromatic nitrogens is 2. The molecule has 2 aromatic carbocycles. The van der Waals surface area contributed by atoms with E-state index < -0.39 is 0 Å². The smallest absolute Gasteiger partial charge is 0.234 e. The van der Waals surface area contributed by atoms with Gasteiger partial charge >= 0.3 is 0 Å². The summed E-state index contributed by atoms with van der Waals surface area (Å²) in [5.41, 5.74) is 1.73. The van der Waals surface area contributed by atoms with Crippen molar-refractivity contribution in [1.82, 2.24) is 10.2 Å². The van der Waals surface area contributed by atoms with Crippen LogP contribution in [-0.4, -0.2) is 48.0 Å². The number of hydrogen-bond acceptors (Lipinski definition) is 6. The molecule has 1 amide bonds. The number of piperazine rings is 1. The number of halogens is 2. The molecule has 1 fully saturated rings. The summed E-state index contributed by atoms with van der Waals surface area (Å²) in [6, 6.07) is 17.4. The van der Waals surface area contributed by atoms with Crippen molar-refractivity contribution >= 4 is 46.5 Å². The van der Waals surface area contributed by atoms with Gasteiger partial charge in [-0.2, -0.15) is 0 Å². The second kappa shape index (κ2) is 9.98. The molecule has 4 rings (SSSR count). The summed E-state index contributed by atoms with van der Waals surface area (Å²) in [6.45, 7) is 3.27. The van der Waals surface area contributed by atoms with Crippen molar-refractivity contribution in [3.8, 4) is 0 Å². The fraction of sp³-hybridized carbons (Fsp3) is 0.227. The molecule has 1 aromatic heterocycles. The third kappa shape index (κ3) is 5.86. The van der Waals surface area contributed by atoms with Gasteiger partial charge in [0.2, 0.25) is 5.91 Å². The number of rotatable bonds is 6. The maximum Gasteiger partial charge on any atom is 0.234 e. The van der Waals surface area contributed by atoms with Crippen molar-refractivity contribution in [2.75, 3.05) is 47.0 Å². The number of benzene rings is 2. The summed E-state index contributed by atoms with van der Waals surface area (Å²) in [4.78, 5) is 16.5. The summed E-state index contributed by atoms with van der Waals surface area (Å²) in [7, 11) is 0. The van der Waals surface area contributed by atoms with E-state index in [2.05, 4.69) is 25.3 Å². The van der Waals surface area contributed by atoms with Crippen molar-refractivity contribution in [1.29, 1.82) is 0 Å². The molecule has 31 heavy (non-hydrogen) atoms. The van der Waals surface area contributed by atoms with Gasteiger partial charge in [0.15, 0.2) is 5.82 Å². The number of nitrogens with one attached hydrogen (secondary N) is 1. The Bertz CT molecular complexity index is 1010. The molecule has 1 N–H and O–H groups in total. The second-order valence-electron chi connectivity index (χ2n) is 7.02. The van der Waals surface area contributed by atoms with Gasteiger partial charge in [-0.3, -0.25) is 4.79 Å². The van der Waals surface area contributed by atoms with Crippen LogP contribution in [0.25, 0.3) is 0 Å². The Morgan fingerprint density at radius 2 is 1.61 bits per heavy atom. The normalized spacial score (nSPS) is 13.9. The van der Waals surface area contributed by atoms with Crippen LogP contribution < -0.4 is 15.1 Å². The molecule has 2 heterocycles. The summed E-state index contributed by atoms with van der Waals surface area (Å²) >= 11 is 7.18. The minimum absolute atomic E-state index is 0.116. The maximum atomic E-state index is 13.1. The molecule has 6 nitrogen and oxygen atoms in total. The topological polar surface area (TPSA) is 61.4 Å². The maximum absolute atomic E-state index is 13.1. The fourth-order valence-corrected chi connectivity index (χ4v) is 4.01. The molecule has 1 aliphatic rings. The Morgan fingerprint density at radius 3 is 2.26 bits per heavy atom. The van der Waals surface area contributed by atoms with Crippen molar-refractivity contribution in [2.45, 2.75) is 5.03 Å². The van der Waals surface area contributed by atoms with Gasteiger partial charge in [-0.15, -0.1) is 10.2 Å². The Kier molecular flexibility index (Phi) is 6.89. The Hall–Kier alpha value is -2.84. The van der Waals surface area contributed by atoms with Gasteiger partial charge in [-0.05, 0) is 60.7 Å². The SMILES string of the molecule is O=C(CSc1ccc(N2CCN(c3ccc(F)cc3)CC2)nn1)Nc1ccc(Cl)cc1. The van der Waals surface area contributed by atoms with Gasteiger partial charge in [0, 0.05) is 42.6 Å². The first kappa shape index (κ1) is 21.4. The third-order valence-electron chi connectivity index (χ3n) is 4.90. The van der Waals surface area contributed by atoms with E-state index in [9.17, 15) is 9.18 Å². The molecule has 9 heteroatoms. The number of amides is 1. The van der Waals surface area contributed by atoms with Gasteiger partial charge in [0.1, 0.15) is 10.8 Å². The minimum Gasteiger partial charge on any atom is -0.368 e. The van der Waals surface area contributed by atoms with Crippen molar-refractivity contribution < 1.29 is 9.18 Å². The van der Waals surface area contributed by atoms with Crippen LogP contribution in [-0.2, 0) is 4.79 Å². The van der Waals surface area contributed by atoms with Crippen LogP contribution >= 0.6 is 23.4 Å². The predicted octanol–water partition coefficient (Wildman–Crippen LogP) is 4.33. The van der Waals surface area contributed by atoms with Gasteiger partial charge in [-0.25, -0.2) is 4.39 Å². The van der Waals surface area contributed by atoms with E-state index in [1.165, 1.54) is 23.9 Å². The highest BCUT2D eigenvalue weighted by Gasteiger charge is 2.19. The molecule has 0 aliphatic carbocycles. The number of carbonyl (C=O) groups is 1. The van der Waals surface area contributed by atoms with Crippen LogP contribution in [0.15, 0.2) is 65.7 Å². The van der Waals surface area contributed by atoms with Gasteiger partial charge in [-0.1, -0.05) is 23.4 Å². The highest BCUT2D eigenvalue weighted by Crippen LogP contribution is 2.21. The van der Waals surface area contributed by atoms with Crippen molar-refractivity contribution in [2.24, 2.45) is 0 Å². The summed E-state index contributed by atoms with van der Waals surface area (Å²) < 4.78 is 13.1. The molecule has 0 radical (unpaired) electrons. The molecule has 1 saturated heterocycles. The van der Waals surface area contributed by atoms with E-state index in [0.29, 0.717) is 15.7 Å². The minimum atomic E-state index is -0.224. The summed E-state index contributed by atoms with van der Waals surface area (Å²) in [5, 5.41) is 12.7. The lowest BCUT2D eigenvalue weighted by Gasteiger charge is -2.36. The molecule has 0 bridgehead atoms. The zero-order chi connectivity index (χ0) is 21.6. The average molecular weight is 458 g/mol. The molecule has 160 valence electrons. The van der Waals surface area contributed by atoms with Gasteiger partial charge < -0.3 is 15.1 Å². The molecular formula is C22H21ClFN5OS. The quantitative estimate of drug-likeness (QED) is 0.556. The van der Waals surface area contributed by atoms with Crippen LogP contribution in [0.5, 0.6) is 0 Å². The predicted molar refractivity (Wildman–Crippen MR) is 124 cm³/mol. The van der Waals surface area contributed by atoms with Crippen LogP contribution in [0.2, 0.25) is 5.02 Å². The first-order valence-electron chi connectivity index (χ1n) is 9.84. The average Bonchev–Trinajstić information content (AvgIpc) is 2.80. The number of anilines is 3. The largest absolute Gasteiger partial charge is 0.368 e. The molecule has 0 atom stereocenters. The summed E-state index contributed by atoms with van der Waals surface area (Å²) in [6.07, 6.45) is 0. The van der Waals surface area contributed by atoms with Crippen LogP contribution in [0.4, 0.5) is 21.6 Å². The van der Waals surface area contributed by atoms with E-state index in [1.54, 1.807) is 36.4 Å². The molecule has 0 spiro atoms. The second-order valence-corrected chi connectivity index (χ2v) is 8.46. The Balaban J connectivity index is 1.25. The van der Waals surface area contributed by atoms with Crippen LogP contribution in [0.3, 0.4) is 0 Å². The molecule has 3 aromatic rings. The van der Waals surface area contributed by atoms with E-state index >= 15 is 0 Å². The lowest BCUT2D eigenvalue weighted by molar-refractivity contribution is -0.113. The monoisotopic (exact) mass is 457 g/mol. The number of hydrogen-bond donors (Lipinski definition) is 1. The first-order valence-corrected chi connectivity index (χ1v) is 11.2. The van der Waals surface area contributed by atoms with E-state index in [0.717, 1.165) is 37.7 Å². The number of carbonyl (C=O) groups excluding carboxylic acids is 1. The molecule has 0 saturated carbocycles. The zero-order valence-electron chi connectivity index (χ0n) is 16.7. The number of thioether (sulfide) groups is 1. The van der Waals surface area contributed by atoms with E-state index in [1.807, 2.05) is 12.1 Å². The Labute approximate surface area is 189 Å². The van der Waals surface area contributed by atoms with E-state index in [4.69, 9.17) is 11.6 Å². The molecular weight excluding hydrogens is 437 g/mol. The third-order valence-corrected chi connectivity index (χ3v) is 6.07. The first-order chi connectivity index (χ1) is 15.1. The van der Waals surface area contributed by atoms with E-state index in [-0.39, 0.29) is 17.5 Å². The van der Waals surface area contributed by atoms with Crippen molar-refractivity contribution in [3.05, 3.63) is 71.5 Å². The molecule has 0 unspecified atom stereocenters. The fourth-order valence-electron chi connectivity index (χ4n) is 3.27. The standard InChI is InChI=1S/C22H21ClFN5OS/c23-16-1-5-18(6-2-16)25-21(30)15-31-22-10-9-20(26-27-22)29-13-11-28(12-14-29)19-7-3-17(24)4-8-19/h1-10H,11-15H2,(H,25,30). The zero-order valence-corrected chi connectivity index (χ0v) is 18.2. The number of nitrogens with zero attached hydrogens (tertiary/aromatic N) is 4. The Morgan fingerprint density at radius 1 is 0.935 bits per heavy atom.